The number of amides is 2. The largest absolute Gasteiger partial charge is 0.335 e. The van der Waals surface area contributed by atoms with Gasteiger partial charge in [-0.25, -0.2) is 13.3 Å². The second kappa shape index (κ2) is 9.79. The van der Waals surface area contributed by atoms with Gasteiger partial charge in [0.25, 0.3) is 0 Å². The fraction of sp³-hybridized carbons (Fsp3) is 0.650. The molecule has 1 saturated heterocycles. The highest BCUT2D eigenvalue weighted by atomic mass is 35.5. The highest BCUT2D eigenvalue weighted by molar-refractivity contribution is 7.81. The third kappa shape index (κ3) is 5.62. The molecule has 0 aromatic heterocycles. The van der Waals surface area contributed by atoms with Crippen LogP contribution >= 0.6 is 23.2 Å². The number of nitrogens with zero attached hydrogens (tertiary/aromatic N) is 2. The van der Waals surface area contributed by atoms with Crippen LogP contribution in [0.1, 0.15) is 50.0 Å². The van der Waals surface area contributed by atoms with Gasteiger partial charge in [-0.3, -0.25) is 0 Å². The number of hydrogen-bond acceptors (Lipinski definition) is 2. The molecule has 1 aromatic rings. The summed E-state index contributed by atoms with van der Waals surface area (Å²) in [6, 6.07) is 6.19. The Morgan fingerprint density at radius 2 is 1.64 bits per heavy atom. The zero-order chi connectivity index (χ0) is 20.3. The molecule has 28 heavy (non-hydrogen) atoms. The van der Waals surface area contributed by atoms with Crippen molar-refractivity contribution in [3.63, 3.8) is 0 Å². The number of halogens is 2. The van der Waals surface area contributed by atoms with E-state index in [0.717, 1.165) is 51.6 Å². The Kier molecular flexibility index (Phi) is 7.65. The van der Waals surface area contributed by atoms with Gasteiger partial charge in [0, 0.05) is 48.5 Å². The maximum absolute atomic E-state index is 12.7. The van der Waals surface area contributed by atoms with Crippen LogP contribution in [0.3, 0.4) is 0 Å². The second-order valence-corrected chi connectivity index (χ2v) is 10.1. The number of carbonyl (C=O) groups excluding carboxylic acids is 1. The van der Waals surface area contributed by atoms with Crippen LogP contribution in [-0.2, 0) is 11.0 Å². The molecule has 3 rings (SSSR count). The standard InChI is InChI=1S/C20H29Cl2N3O2S/c1-24(19-7-9-25(10-8-19)28(2)27)20(26)23-18-5-3-14(4-6-18)15-11-16(21)13-17(22)12-15/h11-14,18-19H,3-10H2,1-2H3,(H,23,26). The number of carbonyl (C=O) groups is 1. The number of rotatable bonds is 4. The lowest BCUT2D eigenvalue weighted by molar-refractivity contribution is 0.158. The van der Waals surface area contributed by atoms with Crippen LogP contribution < -0.4 is 5.32 Å². The molecule has 0 radical (unpaired) electrons. The van der Waals surface area contributed by atoms with Gasteiger partial charge in [0.1, 0.15) is 0 Å². The third-order valence-corrected chi connectivity index (χ3v) is 7.59. The summed E-state index contributed by atoms with van der Waals surface area (Å²) in [5, 5.41) is 4.56. The molecule has 1 heterocycles. The van der Waals surface area contributed by atoms with E-state index in [1.807, 2.05) is 28.4 Å². The minimum Gasteiger partial charge on any atom is -0.335 e. The lowest BCUT2D eigenvalue weighted by Gasteiger charge is -2.37. The van der Waals surface area contributed by atoms with Crippen LogP contribution in [0.4, 0.5) is 4.79 Å². The topological polar surface area (TPSA) is 52.7 Å². The Labute approximate surface area is 180 Å². The molecule has 2 fully saturated rings. The molecule has 1 saturated carbocycles. The number of piperidine rings is 1. The van der Waals surface area contributed by atoms with Gasteiger partial charge in [-0.15, -0.1) is 0 Å². The van der Waals surface area contributed by atoms with Gasteiger partial charge in [-0.1, -0.05) is 23.2 Å². The van der Waals surface area contributed by atoms with Crippen molar-refractivity contribution in [2.75, 3.05) is 26.4 Å². The average molecular weight is 446 g/mol. The Morgan fingerprint density at radius 3 is 2.18 bits per heavy atom. The molecular weight excluding hydrogens is 417 g/mol. The zero-order valence-corrected chi connectivity index (χ0v) is 18.8. The van der Waals surface area contributed by atoms with Gasteiger partial charge in [-0.2, -0.15) is 0 Å². The van der Waals surface area contributed by atoms with E-state index in [1.165, 1.54) is 5.56 Å². The van der Waals surface area contributed by atoms with Crippen LogP contribution in [0, 0.1) is 0 Å². The van der Waals surface area contributed by atoms with Gasteiger partial charge in [0.15, 0.2) is 0 Å². The molecule has 1 atom stereocenters. The number of hydrogen-bond donors (Lipinski definition) is 1. The van der Waals surface area contributed by atoms with Crippen LogP contribution in [0.5, 0.6) is 0 Å². The maximum atomic E-state index is 12.7. The predicted molar refractivity (Wildman–Crippen MR) is 116 cm³/mol. The normalized spacial score (nSPS) is 25.3. The van der Waals surface area contributed by atoms with E-state index >= 15 is 0 Å². The predicted octanol–water partition coefficient (Wildman–Crippen LogP) is 4.42. The molecular formula is C20H29Cl2N3O2S. The summed E-state index contributed by atoms with van der Waals surface area (Å²) in [7, 11) is 0.952. The Balaban J connectivity index is 1.46. The van der Waals surface area contributed by atoms with Crippen molar-refractivity contribution in [1.29, 1.82) is 0 Å². The summed E-state index contributed by atoms with van der Waals surface area (Å²) < 4.78 is 13.5. The Morgan fingerprint density at radius 1 is 1.07 bits per heavy atom. The van der Waals surface area contributed by atoms with E-state index in [-0.39, 0.29) is 18.1 Å². The first-order valence-electron chi connectivity index (χ1n) is 9.91. The molecule has 1 unspecified atom stereocenters. The van der Waals surface area contributed by atoms with Gasteiger partial charge < -0.3 is 10.2 Å². The van der Waals surface area contributed by atoms with Crippen LogP contribution in [-0.4, -0.2) is 57.9 Å². The fourth-order valence-electron chi connectivity index (χ4n) is 4.31. The summed E-state index contributed by atoms with van der Waals surface area (Å²) in [5.74, 6) is 0.446. The second-order valence-electron chi connectivity index (χ2n) is 7.90. The van der Waals surface area contributed by atoms with Crippen molar-refractivity contribution in [2.45, 2.75) is 56.5 Å². The Hall–Kier alpha value is -0.820. The number of urea groups is 1. The van der Waals surface area contributed by atoms with Crippen LogP contribution in [0.25, 0.3) is 0 Å². The zero-order valence-electron chi connectivity index (χ0n) is 16.5. The lowest BCUT2D eigenvalue weighted by Crippen LogP contribution is -2.51. The van der Waals surface area contributed by atoms with Crippen molar-refractivity contribution in [3.05, 3.63) is 33.8 Å². The molecule has 0 bridgehead atoms. The van der Waals surface area contributed by atoms with Crippen LogP contribution in [0.2, 0.25) is 10.0 Å². The van der Waals surface area contributed by atoms with E-state index in [9.17, 15) is 9.00 Å². The van der Waals surface area contributed by atoms with Crippen molar-refractivity contribution in [3.8, 4) is 0 Å². The molecule has 1 aromatic carbocycles. The first kappa shape index (κ1) is 21.9. The molecule has 5 nitrogen and oxygen atoms in total. The third-order valence-electron chi connectivity index (χ3n) is 6.07. The quantitative estimate of drug-likeness (QED) is 0.745. The van der Waals surface area contributed by atoms with Crippen molar-refractivity contribution >= 4 is 40.2 Å². The van der Waals surface area contributed by atoms with Gasteiger partial charge in [0.05, 0.1) is 11.0 Å². The maximum Gasteiger partial charge on any atom is 0.317 e. The summed E-state index contributed by atoms with van der Waals surface area (Å²) in [4.78, 5) is 14.5. The molecule has 8 heteroatoms. The fourth-order valence-corrected chi connectivity index (χ4v) is 5.58. The molecule has 1 aliphatic carbocycles. The summed E-state index contributed by atoms with van der Waals surface area (Å²) >= 11 is 12.3. The molecule has 1 N–H and O–H groups in total. The number of benzene rings is 1. The van der Waals surface area contributed by atoms with Crippen molar-refractivity contribution in [1.82, 2.24) is 14.5 Å². The molecule has 156 valence electrons. The molecule has 2 aliphatic rings. The summed E-state index contributed by atoms with van der Waals surface area (Å²) in [5.41, 5.74) is 1.19. The van der Waals surface area contributed by atoms with Crippen molar-refractivity contribution < 1.29 is 9.00 Å². The average Bonchev–Trinajstić information content (AvgIpc) is 2.67. The highest BCUT2D eigenvalue weighted by Crippen LogP contribution is 2.35. The van der Waals surface area contributed by atoms with E-state index in [1.54, 1.807) is 12.3 Å². The smallest absolute Gasteiger partial charge is 0.317 e. The van der Waals surface area contributed by atoms with E-state index in [2.05, 4.69) is 5.32 Å². The van der Waals surface area contributed by atoms with E-state index < -0.39 is 11.0 Å². The molecule has 1 aliphatic heterocycles. The highest BCUT2D eigenvalue weighted by Gasteiger charge is 2.29. The summed E-state index contributed by atoms with van der Waals surface area (Å²) in [6.45, 7) is 1.55. The van der Waals surface area contributed by atoms with Crippen LogP contribution in [0.15, 0.2) is 18.2 Å². The van der Waals surface area contributed by atoms with Gasteiger partial charge in [-0.05, 0) is 68.2 Å². The number of nitrogens with one attached hydrogen (secondary N) is 1. The minimum atomic E-state index is -0.921. The first-order chi connectivity index (χ1) is 13.3. The van der Waals surface area contributed by atoms with Gasteiger partial charge >= 0.3 is 6.03 Å². The van der Waals surface area contributed by atoms with E-state index in [4.69, 9.17) is 23.2 Å². The first-order valence-corrected chi connectivity index (χ1v) is 12.2. The molecule has 2 amide bonds. The SMILES string of the molecule is CN(C(=O)NC1CCC(c2cc(Cl)cc(Cl)c2)CC1)C1CCN(S(C)=O)CC1. The summed E-state index contributed by atoms with van der Waals surface area (Å²) in [6.07, 6.45) is 7.41. The van der Waals surface area contributed by atoms with E-state index in [0.29, 0.717) is 16.0 Å². The lowest BCUT2D eigenvalue weighted by atomic mass is 9.82. The Bertz CT molecular complexity index is 697. The monoisotopic (exact) mass is 445 g/mol. The molecule has 0 spiro atoms. The van der Waals surface area contributed by atoms with Gasteiger partial charge in [0.2, 0.25) is 0 Å². The minimum absolute atomic E-state index is 0.00493. The van der Waals surface area contributed by atoms with Crippen molar-refractivity contribution in [2.24, 2.45) is 0 Å².